The summed E-state index contributed by atoms with van der Waals surface area (Å²) in [6.45, 7) is 6.51. The molecular weight excluding hydrogens is 386 g/mol. The lowest BCUT2D eigenvalue weighted by Crippen LogP contribution is -2.44. The SMILES string of the molecule is CN1CCC(Nc2nc(Nc3ccc(N4CCN(C)CC4)cc3)ncc2Cl)CC1. The number of rotatable bonds is 5. The Morgan fingerprint density at radius 1 is 0.931 bits per heavy atom. The summed E-state index contributed by atoms with van der Waals surface area (Å²) in [5, 5.41) is 7.34. The second-order valence-corrected chi connectivity index (χ2v) is 8.48. The van der Waals surface area contributed by atoms with Crippen molar-refractivity contribution in [1.82, 2.24) is 19.8 Å². The maximum Gasteiger partial charge on any atom is 0.229 e. The van der Waals surface area contributed by atoms with E-state index < -0.39 is 0 Å². The highest BCUT2D eigenvalue weighted by atomic mass is 35.5. The van der Waals surface area contributed by atoms with Gasteiger partial charge >= 0.3 is 0 Å². The Kier molecular flexibility index (Phi) is 6.37. The molecule has 0 amide bonds. The van der Waals surface area contributed by atoms with Gasteiger partial charge in [-0.3, -0.25) is 0 Å². The van der Waals surface area contributed by atoms with Crippen LogP contribution in [0.5, 0.6) is 0 Å². The van der Waals surface area contributed by atoms with Gasteiger partial charge in [-0.25, -0.2) is 4.98 Å². The summed E-state index contributed by atoms with van der Waals surface area (Å²) in [6, 6.07) is 8.86. The highest BCUT2D eigenvalue weighted by Crippen LogP contribution is 2.25. The highest BCUT2D eigenvalue weighted by molar-refractivity contribution is 6.32. The van der Waals surface area contributed by atoms with E-state index in [0.717, 1.165) is 57.8 Å². The first-order valence-corrected chi connectivity index (χ1v) is 10.7. The number of anilines is 4. The van der Waals surface area contributed by atoms with Crippen LogP contribution in [-0.2, 0) is 0 Å². The van der Waals surface area contributed by atoms with Gasteiger partial charge in [0.15, 0.2) is 5.82 Å². The van der Waals surface area contributed by atoms with Crippen molar-refractivity contribution in [3.05, 3.63) is 35.5 Å². The number of aromatic nitrogens is 2. The lowest BCUT2D eigenvalue weighted by Gasteiger charge is -2.34. The topological polar surface area (TPSA) is 59.6 Å². The molecule has 2 fully saturated rings. The number of nitrogens with zero attached hydrogens (tertiary/aromatic N) is 5. The Balaban J connectivity index is 1.39. The molecule has 4 rings (SSSR count). The van der Waals surface area contributed by atoms with E-state index in [-0.39, 0.29) is 0 Å². The first-order chi connectivity index (χ1) is 14.1. The van der Waals surface area contributed by atoms with Crippen LogP contribution < -0.4 is 15.5 Å². The van der Waals surface area contributed by atoms with Crippen molar-refractivity contribution in [3.63, 3.8) is 0 Å². The highest BCUT2D eigenvalue weighted by Gasteiger charge is 2.18. The van der Waals surface area contributed by atoms with Crippen LogP contribution in [0.25, 0.3) is 0 Å². The van der Waals surface area contributed by atoms with Gasteiger partial charge in [0.2, 0.25) is 5.95 Å². The molecule has 0 atom stereocenters. The molecule has 0 unspecified atom stereocenters. The molecule has 8 heteroatoms. The third kappa shape index (κ3) is 5.29. The number of nitrogens with one attached hydrogen (secondary N) is 2. The summed E-state index contributed by atoms with van der Waals surface area (Å²) in [7, 11) is 4.33. The van der Waals surface area contributed by atoms with Crippen LogP contribution in [0.4, 0.5) is 23.1 Å². The first-order valence-electron chi connectivity index (χ1n) is 10.3. The van der Waals surface area contributed by atoms with Crippen LogP contribution >= 0.6 is 11.6 Å². The van der Waals surface area contributed by atoms with Gasteiger partial charge in [-0.05, 0) is 64.3 Å². The third-order valence-corrected chi connectivity index (χ3v) is 6.07. The van der Waals surface area contributed by atoms with Gasteiger partial charge in [0.1, 0.15) is 5.02 Å². The zero-order valence-corrected chi connectivity index (χ0v) is 18.0. The number of hydrogen-bond donors (Lipinski definition) is 2. The minimum Gasteiger partial charge on any atom is -0.369 e. The Morgan fingerprint density at radius 2 is 1.59 bits per heavy atom. The number of hydrogen-bond acceptors (Lipinski definition) is 7. The number of likely N-dealkylation sites (tertiary alicyclic amines) is 1. The Hall–Kier alpha value is -2.09. The molecule has 0 spiro atoms. The second kappa shape index (κ2) is 9.15. The standard InChI is InChI=1S/C21H30ClN7/c1-27-9-7-17(8-10-27)24-20-19(22)15-23-21(26-20)25-16-3-5-18(6-4-16)29-13-11-28(2)12-14-29/h3-6,15,17H,7-14H2,1-2H3,(H2,23,24,25,26). The average Bonchev–Trinajstić information content (AvgIpc) is 2.73. The van der Waals surface area contributed by atoms with Gasteiger partial charge in [0.25, 0.3) is 0 Å². The van der Waals surface area contributed by atoms with Crippen LogP contribution in [-0.4, -0.2) is 79.2 Å². The van der Waals surface area contributed by atoms with E-state index in [9.17, 15) is 0 Å². The average molecular weight is 416 g/mol. The Labute approximate surface area is 178 Å². The Bertz CT molecular complexity index is 797. The molecular formula is C21H30ClN7. The van der Waals surface area contributed by atoms with Gasteiger partial charge in [0, 0.05) is 43.6 Å². The van der Waals surface area contributed by atoms with E-state index in [4.69, 9.17) is 11.6 Å². The van der Waals surface area contributed by atoms with Crippen molar-refractivity contribution in [2.24, 2.45) is 0 Å². The lowest BCUT2D eigenvalue weighted by atomic mass is 10.1. The van der Waals surface area contributed by atoms with Crippen molar-refractivity contribution in [2.45, 2.75) is 18.9 Å². The molecule has 2 aromatic rings. The number of likely N-dealkylation sites (N-methyl/N-ethyl adjacent to an activating group) is 1. The van der Waals surface area contributed by atoms with E-state index in [1.54, 1.807) is 6.20 Å². The van der Waals surface area contributed by atoms with E-state index in [1.165, 1.54) is 5.69 Å². The van der Waals surface area contributed by atoms with Gasteiger partial charge in [-0.1, -0.05) is 11.6 Å². The summed E-state index contributed by atoms with van der Waals surface area (Å²) < 4.78 is 0. The monoisotopic (exact) mass is 415 g/mol. The molecule has 1 aromatic carbocycles. The molecule has 0 aliphatic carbocycles. The maximum atomic E-state index is 6.33. The van der Waals surface area contributed by atoms with E-state index >= 15 is 0 Å². The molecule has 2 saturated heterocycles. The van der Waals surface area contributed by atoms with Crippen LogP contribution in [0.15, 0.2) is 30.5 Å². The molecule has 1 aromatic heterocycles. The fourth-order valence-electron chi connectivity index (χ4n) is 3.82. The largest absolute Gasteiger partial charge is 0.369 e. The normalized spacial score (nSPS) is 19.3. The van der Waals surface area contributed by atoms with Crippen molar-refractivity contribution < 1.29 is 0 Å². The molecule has 2 aliphatic rings. The zero-order valence-electron chi connectivity index (χ0n) is 17.2. The molecule has 0 bridgehead atoms. The van der Waals surface area contributed by atoms with Crippen molar-refractivity contribution in [3.8, 4) is 0 Å². The predicted octanol–water partition coefficient (Wildman–Crippen LogP) is 3.13. The number of piperazine rings is 1. The van der Waals surface area contributed by atoms with Gasteiger partial charge < -0.3 is 25.3 Å². The summed E-state index contributed by atoms with van der Waals surface area (Å²) in [4.78, 5) is 16.1. The molecule has 2 aliphatic heterocycles. The minimum atomic E-state index is 0.398. The molecule has 156 valence electrons. The van der Waals surface area contributed by atoms with E-state index in [0.29, 0.717) is 22.8 Å². The quantitative estimate of drug-likeness (QED) is 0.777. The Morgan fingerprint density at radius 3 is 2.28 bits per heavy atom. The van der Waals surface area contributed by atoms with E-state index in [2.05, 4.69) is 73.7 Å². The fraction of sp³-hybridized carbons (Fsp3) is 0.524. The second-order valence-electron chi connectivity index (χ2n) is 8.07. The third-order valence-electron chi connectivity index (χ3n) is 5.80. The number of halogens is 1. The lowest BCUT2D eigenvalue weighted by molar-refractivity contribution is 0.263. The number of benzene rings is 1. The minimum absolute atomic E-state index is 0.398. The molecule has 7 nitrogen and oxygen atoms in total. The van der Waals surface area contributed by atoms with Crippen molar-refractivity contribution in [1.29, 1.82) is 0 Å². The summed E-state index contributed by atoms with van der Waals surface area (Å²) in [5.41, 5.74) is 2.22. The van der Waals surface area contributed by atoms with Crippen LogP contribution in [0.2, 0.25) is 5.02 Å². The van der Waals surface area contributed by atoms with Crippen molar-refractivity contribution >= 4 is 34.7 Å². The number of piperidine rings is 1. The molecule has 0 radical (unpaired) electrons. The first kappa shape index (κ1) is 20.2. The van der Waals surface area contributed by atoms with E-state index in [1.807, 2.05) is 0 Å². The molecule has 3 heterocycles. The van der Waals surface area contributed by atoms with Gasteiger partial charge in [-0.15, -0.1) is 0 Å². The van der Waals surface area contributed by atoms with Crippen LogP contribution in [0.1, 0.15) is 12.8 Å². The molecule has 2 N–H and O–H groups in total. The van der Waals surface area contributed by atoms with Gasteiger partial charge in [0.05, 0.1) is 6.20 Å². The summed E-state index contributed by atoms with van der Waals surface area (Å²) in [6.07, 6.45) is 3.84. The predicted molar refractivity (Wildman–Crippen MR) is 121 cm³/mol. The summed E-state index contributed by atoms with van der Waals surface area (Å²) >= 11 is 6.33. The van der Waals surface area contributed by atoms with Crippen molar-refractivity contribution in [2.75, 3.05) is 68.9 Å². The molecule has 0 saturated carbocycles. The molecule has 29 heavy (non-hydrogen) atoms. The summed E-state index contributed by atoms with van der Waals surface area (Å²) in [5.74, 6) is 1.25. The zero-order chi connectivity index (χ0) is 20.2. The van der Waals surface area contributed by atoms with Crippen LogP contribution in [0.3, 0.4) is 0 Å². The fourth-order valence-corrected chi connectivity index (χ4v) is 3.97. The maximum absolute atomic E-state index is 6.33. The van der Waals surface area contributed by atoms with Crippen LogP contribution in [0, 0.1) is 0 Å². The smallest absolute Gasteiger partial charge is 0.229 e. The van der Waals surface area contributed by atoms with Gasteiger partial charge in [-0.2, -0.15) is 4.98 Å².